The fourth-order valence-electron chi connectivity index (χ4n) is 4.09. The van der Waals surface area contributed by atoms with Gasteiger partial charge in [-0.1, -0.05) is 61.7 Å². The molecule has 0 spiro atoms. The maximum absolute atomic E-state index is 13.0. The molecule has 1 aliphatic heterocycles. The van der Waals surface area contributed by atoms with Gasteiger partial charge in [0.1, 0.15) is 0 Å². The normalized spacial score (nSPS) is 20.0. The summed E-state index contributed by atoms with van der Waals surface area (Å²) >= 11 is 0. The highest BCUT2D eigenvalue weighted by molar-refractivity contribution is 7.93. The van der Waals surface area contributed by atoms with Crippen LogP contribution in [0, 0.1) is 0 Å². The van der Waals surface area contributed by atoms with Gasteiger partial charge in [0.2, 0.25) is 10.0 Å². The van der Waals surface area contributed by atoms with Gasteiger partial charge in [0.25, 0.3) is 0 Å². The van der Waals surface area contributed by atoms with Crippen LogP contribution in [0.15, 0.2) is 59.5 Å². The molecule has 0 aromatic heterocycles. The van der Waals surface area contributed by atoms with Crippen LogP contribution in [-0.2, 0) is 19.9 Å². The Hall–Kier alpha value is -1.70. The molecule has 5 nitrogen and oxygen atoms in total. The highest BCUT2D eigenvalue weighted by Gasteiger charge is 2.46. The monoisotopic (exact) mass is 419 g/mol. The molecule has 4 rings (SSSR count). The van der Waals surface area contributed by atoms with Gasteiger partial charge >= 0.3 is 0 Å². The second-order valence-electron chi connectivity index (χ2n) is 7.69. The number of sulfone groups is 1. The zero-order chi connectivity index (χ0) is 19.8. The van der Waals surface area contributed by atoms with E-state index in [1.165, 1.54) is 4.31 Å². The zero-order valence-electron chi connectivity index (χ0n) is 15.7. The summed E-state index contributed by atoms with van der Waals surface area (Å²) in [6.45, 7) is 0.132. The molecule has 2 aliphatic rings. The summed E-state index contributed by atoms with van der Waals surface area (Å²) in [7, 11) is -6.95. The van der Waals surface area contributed by atoms with Crippen molar-refractivity contribution in [3.05, 3.63) is 54.6 Å². The zero-order valence-corrected chi connectivity index (χ0v) is 17.3. The number of hydrogen-bond donors (Lipinski definition) is 0. The van der Waals surface area contributed by atoms with Crippen LogP contribution in [-0.4, -0.2) is 44.7 Å². The number of sulfonamides is 1. The Morgan fingerprint density at radius 3 is 2.04 bits per heavy atom. The van der Waals surface area contributed by atoms with E-state index in [-0.39, 0.29) is 23.2 Å². The summed E-state index contributed by atoms with van der Waals surface area (Å²) in [5.74, 6) is 0. The summed E-state index contributed by atoms with van der Waals surface area (Å²) in [5, 5.41) is -0.861. The Morgan fingerprint density at radius 2 is 1.36 bits per heavy atom. The lowest BCUT2D eigenvalue weighted by molar-refractivity contribution is 0.306. The molecule has 1 saturated carbocycles. The van der Waals surface area contributed by atoms with E-state index in [1.807, 2.05) is 36.4 Å². The first kappa shape index (κ1) is 19.6. The van der Waals surface area contributed by atoms with Gasteiger partial charge in [-0.15, -0.1) is 0 Å². The van der Waals surface area contributed by atoms with E-state index in [1.54, 1.807) is 18.2 Å². The molecular weight excluding hydrogens is 394 g/mol. The van der Waals surface area contributed by atoms with E-state index in [9.17, 15) is 16.8 Å². The van der Waals surface area contributed by atoms with Gasteiger partial charge in [-0.2, -0.15) is 4.31 Å². The third-order valence-corrected chi connectivity index (χ3v) is 10.3. The Labute approximate surface area is 167 Å². The van der Waals surface area contributed by atoms with Crippen LogP contribution >= 0.6 is 0 Å². The molecule has 0 atom stereocenters. The second kappa shape index (κ2) is 7.61. The Balaban J connectivity index is 1.50. The molecule has 0 unspecified atom stereocenters. The van der Waals surface area contributed by atoms with Gasteiger partial charge in [-0.05, 0) is 36.1 Å². The van der Waals surface area contributed by atoms with Crippen molar-refractivity contribution in [3.63, 3.8) is 0 Å². The van der Waals surface area contributed by atoms with Gasteiger partial charge in [0, 0.05) is 13.1 Å². The Morgan fingerprint density at radius 1 is 0.714 bits per heavy atom. The van der Waals surface area contributed by atoms with Crippen molar-refractivity contribution in [1.29, 1.82) is 0 Å². The molecule has 0 radical (unpaired) electrons. The minimum absolute atomic E-state index is 0.0662. The molecule has 0 N–H and O–H groups in total. The van der Waals surface area contributed by atoms with Crippen LogP contribution in [0.25, 0.3) is 11.1 Å². The summed E-state index contributed by atoms with van der Waals surface area (Å²) in [4.78, 5) is 0.211. The largest absolute Gasteiger partial charge is 0.243 e. The third-order valence-electron chi connectivity index (χ3n) is 5.87. The standard InChI is InChI=1S/C21H25NO4S2/c23-27(24,19-11-5-2-6-12-19)21-15-22(16-21)28(25,26)20-13-7-10-18(14-20)17-8-3-1-4-9-17/h1,3-4,7-10,13-14,19,21H,2,5-6,11-12,15-16H2. The average Bonchev–Trinajstić information content (AvgIpc) is 2.68. The van der Waals surface area contributed by atoms with Crippen molar-refractivity contribution in [2.45, 2.75) is 47.5 Å². The molecule has 7 heteroatoms. The van der Waals surface area contributed by atoms with Crippen molar-refractivity contribution in [2.24, 2.45) is 0 Å². The summed E-state index contributed by atoms with van der Waals surface area (Å²) in [5.41, 5.74) is 1.77. The maximum atomic E-state index is 13.0. The van der Waals surface area contributed by atoms with Crippen LogP contribution in [0.2, 0.25) is 0 Å². The van der Waals surface area contributed by atoms with Crippen molar-refractivity contribution in [1.82, 2.24) is 4.31 Å². The summed E-state index contributed by atoms with van der Waals surface area (Å²) in [6.07, 6.45) is 4.42. The number of hydrogen-bond acceptors (Lipinski definition) is 4. The molecule has 1 aliphatic carbocycles. The van der Waals surface area contributed by atoms with Crippen molar-refractivity contribution in [2.75, 3.05) is 13.1 Å². The molecule has 1 saturated heterocycles. The summed E-state index contributed by atoms with van der Waals surface area (Å²) in [6, 6.07) is 16.4. The molecule has 2 aromatic rings. The average molecular weight is 420 g/mol. The second-order valence-corrected chi connectivity index (χ2v) is 12.1. The fraction of sp³-hybridized carbons (Fsp3) is 0.429. The van der Waals surface area contributed by atoms with Crippen LogP contribution in [0.4, 0.5) is 0 Å². The quantitative estimate of drug-likeness (QED) is 0.744. The van der Waals surface area contributed by atoms with Crippen LogP contribution in [0.5, 0.6) is 0 Å². The third kappa shape index (κ3) is 3.63. The Bertz CT molecular complexity index is 1040. The first-order valence-electron chi connectivity index (χ1n) is 9.77. The molecule has 0 amide bonds. The van der Waals surface area contributed by atoms with E-state index in [2.05, 4.69) is 0 Å². The van der Waals surface area contributed by atoms with Gasteiger partial charge in [-0.3, -0.25) is 0 Å². The van der Waals surface area contributed by atoms with E-state index < -0.39 is 25.1 Å². The van der Waals surface area contributed by atoms with Gasteiger partial charge in [0.05, 0.1) is 15.4 Å². The Kier molecular flexibility index (Phi) is 5.33. The predicted molar refractivity (Wildman–Crippen MR) is 110 cm³/mol. The fourth-order valence-corrected chi connectivity index (χ4v) is 8.16. The van der Waals surface area contributed by atoms with Gasteiger partial charge in [-0.25, -0.2) is 16.8 Å². The maximum Gasteiger partial charge on any atom is 0.243 e. The van der Waals surface area contributed by atoms with E-state index in [4.69, 9.17) is 0 Å². The van der Waals surface area contributed by atoms with Crippen molar-refractivity contribution in [3.8, 4) is 11.1 Å². The van der Waals surface area contributed by atoms with Crippen LogP contribution in [0.1, 0.15) is 32.1 Å². The van der Waals surface area contributed by atoms with Crippen LogP contribution < -0.4 is 0 Å². The topological polar surface area (TPSA) is 71.5 Å². The number of rotatable bonds is 5. The van der Waals surface area contributed by atoms with Crippen LogP contribution in [0.3, 0.4) is 0 Å². The molecule has 0 bridgehead atoms. The predicted octanol–water partition coefficient (Wildman–Crippen LogP) is 3.47. The van der Waals surface area contributed by atoms with Gasteiger partial charge in [0.15, 0.2) is 9.84 Å². The van der Waals surface area contributed by atoms with E-state index >= 15 is 0 Å². The molecule has 2 aromatic carbocycles. The first-order valence-corrected chi connectivity index (χ1v) is 12.8. The number of benzene rings is 2. The number of nitrogens with zero attached hydrogens (tertiary/aromatic N) is 1. The van der Waals surface area contributed by atoms with E-state index in [0.29, 0.717) is 12.8 Å². The smallest absolute Gasteiger partial charge is 0.228 e. The van der Waals surface area contributed by atoms with E-state index in [0.717, 1.165) is 30.4 Å². The van der Waals surface area contributed by atoms with Crippen molar-refractivity contribution >= 4 is 19.9 Å². The van der Waals surface area contributed by atoms with Crippen molar-refractivity contribution < 1.29 is 16.8 Å². The SMILES string of the molecule is O=S(=O)(C1CCCCC1)C1CN(S(=O)(=O)c2cccc(-c3ccccc3)c2)C1. The van der Waals surface area contributed by atoms with Gasteiger partial charge < -0.3 is 0 Å². The summed E-state index contributed by atoms with van der Waals surface area (Å²) < 4.78 is 52.8. The highest BCUT2D eigenvalue weighted by atomic mass is 32.2. The molecule has 2 fully saturated rings. The minimum Gasteiger partial charge on any atom is -0.228 e. The molecular formula is C21H25NO4S2. The first-order chi connectivity index (χ1) is 13.4. The lowest BCUT2D eigenvalue weighted by Gasteiger charge is -2.39. The molecule has 1 heterocycles. The molecule has 150 valence electrons. The lowest BCUT2D eigenvalue weighted by atomic mass is 10.0. The lowest BCUT2D eigenvalue weighted by Crippen LogP contribution is -2.58. The molecule has 28 heavy (non-hydrogen) atoms. The minimum atomic E-state index is -3.69. The highest BCUT2D eigenvalue weighted by Crippen LogP contribution is 2.33.